The molecule has 5 rings (SSSR count). The zero-order chi connectivity index (χ0) is 19.7. The van der Waals surface area contributed by atoms with E-state index in [0.717, 1.165) is 29.6 Å². The fraction of sp³-hybridized carbons (Fsp3) is 0.926. The van der Waals surface area contributed by atoms with Gasteiger partial charge in [-0.25, -0.2) is 0 Å². The molecular weight excluding hydrogens is 340 g/mol. The van der Waals surface area contributed by atoms with Crippen LogP contribution in [0.15, 0.2) is 0 Å². The average Bonchev–Trinajstić information content (AvgIpc) is 3.13. The molecule has 0 N–H and O–H groups in total. The third-order valence-electron chi connectivity index (χ3n) is 10.5. The van der Waals surface area contributed by atoms with Crippen molar-refractivity contribution in [1.29, 1.82) is 0 Å². The maximum Gasteiger partial charge on any atom is 0.121 e. The fourth-order valence-electron chi connectivity index (χ4n) is 9.32. The smallest absolute Gasteiger partial charge is 0.121 e. The van der Waals surface area contributed by atoms with Gasteiger partial charge in [-0.15, -0.1) is 0 Å². The van der Waals surface area contributed by atoms with Gasteiger partial charge in [-0.1, -0.05) is 59.3 Å². The minimum Gasteiger partial charge on any atom is -0.362 e. The van der Waals surface area contributed by atoms with Crippen LogP contribution in [0.4, 0.5) is 0 Å². The quantitative estimate of drug-likeness (QED) is 0.423. The first kappa shape index (κ1) is 19.5. The topological polar surface area (TPSA) is 9.23 Å². The average molecular weight is 383 g/mol. The standard InChI is InChI=1S/C27H42O/c1-17(2)9-12-23-18(3)25-24(28-23)16-22-20-11-10-19-8-6-7-14-26(19,4)21(20)13-15-27(22,25)5/h17-25H,6-8,10-11,13-16H2,1-5H3/t18-,19?,20-,21+,22+,23?,24+,25+,26+,27+/m1/s1. The van der Waals surface area contributed by atoms with E-state index in [9.17, 15) is 0 Å². The number of ether oxygens (including phenoxy) is 1. The molecule has 1 heterocycles. The van der Waals surface area contributed by atoms with Gasteiger partial charge in [0, 0.05) is 5.92 Å². The van der Waals surface area contributed by atoms with Gasteiger partial charge in [-0.3, -0.25) is 0 Å². The van der Waals surface area contributed by atoms with Crippen molar-refractivity contribution >= 4 is 0 Å². The van der Waals surface area contributed by atoms with Crippen LogP contribution >= 0.6 is 0 Å². The Kier molecular flexibility index (Phi) is 4.71. The minimum absolute atomic E-state index is 0.180. The first-order valence-electron chi connectivity index (χ1n) is 12.5. The molecule has 0 aromatic rings. The van der Waals surface area contributed by atoms with Gasteiger partial charge < -0.3 is 4.74 Å². The molecule has 0 spiro atoms. The first-order valence-corrected chi connectivity index (χ1v) is 12.5. The molecule has 1 nitrogen and oxygen atoms in total. The molecule has 1 aliphatic heterocycles. The summed E-state index contributed by atoms with van der Waals surface area (Å²) in [5.74, 6) is 12.6. The molecule has 5 aliphatic rings. The number of rotatable bonds is 0. The highest BCUT2D eigenvalue weighted by Gasteiger charge is 2.65. The highest BCUT2D eigenvalue weighted by atomic mass is 16.5. The van der Waals surface area contributed by atoms with Gasteiger partial charge in [0.25, 0.3) is 0 Å². The monoisotopic (exact) mass is 382 g/mol. The van der Waals surface area contributed by atoms with Crippen LogP contribution in [-0.4, -0.2) is 12.2 Å². The Morgan fingerprint density at radius 1 is 0.929 bits per heavy atom. The Balaban J connectivity index is 1.39. The van der Waals surface area contributed by atoms with Gasteiger partial charge in [0.1, 0.15) is 6.10 Å². The Hall–Kier alpha value is -0.480. The third kappa shape index (κ3) is 2.69. The van der Waals surface area contributed by atoms with Crippen LogP contribution in [0.1, 0.15) is 92.4 Å². The summed E-state index contributed by atoms with van der Waals surface area (Å²) in [5, 5.41) is 0. The molecule has 1 heteroatoms. The Bertz CT molecular complexity index is 669. The van der Waals surface area contributed by atoms with Crippen molar-refractivity contribution in [2.45, 2.75) is 105 Å². The van der Waals surface area contributed by atoms with Crippen LogP contribution < -0.4 is 0 Å². The van der Waals surface area contributed by atoms with Crippen LogP contribution in [0.3, 0.4) is 0 Å². The lowest BCUT2D eigenvalue weighted by Crippen LogP contribution is -2.53. The summed E-state index contributed by atoms with van der Waals surface area (Å²) in [5.41, 5.74) is 1.15. The van der Waals surface area contributed by atoms with E-state index in [1.165, 1.54) is 57.8 Å². The zero-order valence-corrected chi connectivity index (χ0v) is 19.0. The molecule has 2 unspecified atom stereocenters. The normalized spacial score (nSPS) is 54.9. The van der Waals surface area contributed by atoms with E-state index in [1.807, 2.05) is 0 Å². The lowest BCUT2D eigenvalue weighted by molar-refractivity contribution is -0.114. The van der Waals surface area contributed by atoms with Crippen molar-refractivity contribution in [3.8, 4) is 11.8 Å². The summed E-state index contributed by atoms with van der Waals surface area (Å²) < 4.78 is 6.64. The van der Waals surface area contributed by atoms with Crippen molar-refractivity contribution in [3.05, 3.63) is 0 Å². The maximum absolute atomic E-state index is 6.64. The first-order chi connectivity index (χ1) is 13.3. The van der Waals surface area contributed by atoms with Crippen LogP contribution in [0, 0.1) is 64.1 Å². The van der Waals surface area contributed by atoms with E-state index < -0.39 is 0 Å². The van der Waals surface area contributed by atoms with Gasteiger partial charge >= 0.3 is 0 Å². The zero-order valence-electron chi connectivity index (χ0n) is 19.0. The summed E-state index contributed by atoms with van der Waals surface area (Å²) in [6.45, 7) is 12.2. The Labute approximate surface area is 173 Å². The molecule has 0 amide bonds. The van der Waals surface area contributed by atoms with E-state index in [-0.39, 0.29) is 6.10 Å². The number of hydrogen-bond acceptors (Lipinski definition) is 1. The molecule has 4 aliphatic carbocycles. The second-order valence-corrected chi connectivity index (χ2v) is 12.1. The van der Waals surface area contributed by atoms with E-state index >= 15 is 0 Å². The second kappa shape index (κ2) is 6.77. The van der Waals surface area contributed by atoms with Crippen molar-refractivity contribution in [2.75, 3.05) is 0 Å². The van der Waals surface area contributed by atoms with E-state index in [2.05, 4.69) is 46.5 Å². The molecule has 5 fully saturated rings. The molecular formula is C27H42O. The summed E-state index contributed by atoms with van der Waals surface area (Å²) in [4.78, 5) is 0. The van der Waals surface area contributed by atoms with E-state index in [4.69, 9.17) is 4.74 Å². The van der Waals surface area contributed by atoms with Crippen molar-refractivity contribution in [2.24, 2.45) is 52.3 Å². The molecule has 156 valence electrons. The van der Waals surface area contributed by atoms with Crippen molar-refractivity contribution in [1.82, 2.24) is 0 Å². The predicted octanol–water partition coefficient (Wildman–Crippen LogP) is 6.71. The highest BCUT2D eigenvalue weighted by Crippen LogP contribution is 2.69. The van der Waals surface area contributed by atoms with E-state index in [0.29, 0.717) is 28.8 Å². The SMILES string of the molecule is CC(C)C#CC1O[C@H]2C[C@H]3[C@@H]4CCC5CCCC[C@]5(C)[C@H]4CC[C@]3(C)[C@H]2[C@@H]1C. The number of fused-ring (bicyclic) bond motifs is 7. The predicted molar refractivity (Wildman–Crippen MR) is 116 cm³/mol. The van der Waals surface area contributed by atoms with Crippen molar-refractivity contribution < 1.29 is 4.74 Å². The summed E-state index contributed by atoms with van der Waals surface area (Å²) in [7, 11) is 0. The van der Waals surface area contributed by atoms with Crippen molar-refractivity contribution in [3.63, 3.8) is 0 Å². The summed E-state index contributed by atoms with van der Waals surface area (Å²) in [6, 6.07) is 0. The third-order valence-corrected chi connectivity index (χ3v) is 10.5. The van der Waals surface area contributed by atoms with Crippen LogP contribution in [0.25, 0.3) is 0 Å². The minimum atomic E-state index is 0.180. The largest absolute Gasteiger partial charge is 0.362 e. The fourth-order valence-corrected chi connectivity index (χ4v) is 9.32. The molecule has 0 aromatic heterocycles. The molecule has 0 aromatic carbocycles. The molecule has 10 atom stereocenters. The lowest BCUT2D eigenvalue weighted by atomic mass is 9.44. The van der Waals surface area contributed by atoms with Crippen LogP contribution in [0.2, 0.25) is 0 Å². The number of hydrogen-bond donors (Lipinski definition) is 0. The molecule has 0 radical (unpaired) electrons. The van der Waals surface area contributed by atoms with Gasteiger partial charge in [0.05, 0.1) is 6.10 Å². The van der Waals surface area contributed by atoms with E-state index in [1.54, 1.807) is 0 Å². The van der Waals surface area contributed by atoms with Crippen LogP contribution in [-0.2, 0) is 4.74 Å². The molecule has 4 saturated carbocycles. The maximum atomic E-state index is 6.64. The molecule has 1 saturated heterocycles. The lowest BCUT2D eigenvalue weighted by Gasteiger charge is -2.60. The Morgan fingerprint density at radius 3 is 2.54 bits per heavy atom. The second-order valence-electron chi connectivity index (χ2n) is 12.1. The van der Waals surface area contributed by atoms with Gasteiger partial charge in [-0.2, -0.15) is 0 Å². The highest BCUT2D eigenvalue weighted by molar-refractivity contribution is 5.18. The van der Waals surface area contributed by atoms with Crippen LogP contribution in [0.5, 0.6) is 0 Å². The van der Waals surface area contributed by atoms with Gasteiger partial charge in [-0.05, 0) is 91.3 Å². The molecule has 0 bridgehead atoms. The van der Waals surface area contributed by atoms with Gasteiger partial charge in [0.2, 0.25) is 0 Å². The molecule has 28 heavy (non-hydrogen) atoms. The Morgan fingerprint density at radius 2 is 1.75 bits per heavy atom. The summed E-state index contributed by atoms with van der Waals surface area (Å²) >= 11 is 0. The van der Waals surface area contributed by atoms with Gasteiger partial charge in [0.15, 0.2) is 0 Å². The summed E-state index contributed by atoms with van der Waals surface area (Å²) in [6.07, 6.45) is 13.9.